The van der Waals surface area contributed by atoms with E-state index in [2.05, 4.69) is 49.8 Å². The molecular weight excluding hydrogens is 797 g/mol. The molecule has 0 aromatic carbocycles. The predicted octanol–water partition coefficient (Wildman–Crippen LogP) is 7.10. The molecule has 8 atom stereocenters. The zero-order chi connectivity index (χ0) is 44.7. The highest BCUT2D eigenvalue weighted by molar-refractivity contribution is 5.91. The Labute approximate surface area is 365 Å². The minimum atomic E-state index is -1.04. The molecule has 0 bridgehead atoms. The molecule has 4 heterocycles. The predicted molar refractivity (Wildman–Crippen MR) is 228 cm³/mol. The molecular formula is C48H68N2O12. The van der Waals surface area contributed by atoms with Crippen LogP contribution in [0.1, 0.15) is 155 Å². The van der Waals surface area contributed by atoms with E-state index in [4.69, 9.17) is 24.1 Å². The summed E-state index contributed by atoms with van der Waals surface area (Å²) in [4.78, 5) is 73.7. The molecule has 0 saturated carbocycles. The highest BCUT2D eigenvalue weighted by atomic mass is 16.7. The van der Waals surface area contributed by atoms with Crippen LogP contribution < -0.4 is 10.6 Å². The normalized spacial score (nSPS) is 33.0. The molecule has 6 rings (SSSR count). The third kappa shape index (κ3) is 12.2. The van der Waals surface area contributed by atoms with Gasteiger partial charge in [0.2, 0.25) is 11.8 Å². The first-order valence-electron chi connectivity index (χ1n) is 23.0. The topological polar surface area (TPSA) is 210 Å². The molecule has 62 heavy (non-hydrogen) atoms. The molecule has 14 heteroatoms. The summed E-state index contributed by atoms with van der Waals surface area (Å²) in [7, 11) is 0. The summed E-state index contributed by atoms with van der Waals surface area (Å²) in [6, 6.07) is 0. The first-order valence-corrected chi connectivity index (χ1v) is 23.0. The van der Waals surface area contributed by atoms with Crippen molar-refractivity contribution < 1.29 is 57.9 Å². The Morgan fingerprint density at radius 2 is 1.15 bits per heavy atom. The lowest BCUT2D eigenvalue weighted by Crippen LogP contribution is -2.49. The Morgan fingerprint density at radius 3 is 1.63 bits per heavy atom. The fraction of sp³-hybridized carbons (Fsp3) is 0.708. The van der Waals surface area contributed by atoms with Gasteiger partial charge in [0.1, 0.15) is 24.4 Å². The van der Waals surface area contributed by atoms with Crippen molar-refractivity contribution in [2.24, 2.45) is 11.8 Å². The van der Waals surface area contributed by atoms with Crippen LogP contribution in [0.25, 0.3) is 0 Å². The average Bonchev–Trinajstić information content (AvgIpc) is 4.03. The fourth-order valence-corrected chi connectivity index (χ4v) is 10.4. The molecule has 4 fully saturated rings. The maximum absolute atomic E-state index is 13.9. The molecule has 0 radical (unpaired) electrons. The third-order valence-corrected chi connectivity index (χ3v) is 14.2. The zero-order valence-corrected chi connectivity index (χ0v) is 36.8. The van der Waals surface area contributed by atoms with Crippen LogP contribution in [-0.4, -0.2) is 93.6 Å². The number of unbranched alkanes of at least 4 members (excludes halogenated alkanes) is 6. The van der Waals surface area contributed by atoms with Crippen molar-refractivity contribution >= 4 is 35.7 Å². The van der Waals surface area contributed by atoms with Gasteiger partial charge in [0.05, 0.1) is 24.0 Å². The van der Waals surface area contributed by atoms with E-state index in [0.717, 1.165) is 81.8 Å². The van der Waals surface area contributed by atoms with E-state index in [1.54, 1.807) is 0 Å². The van der Waals surface area contributed by atoms with Crippen LogP contribution in [0.4, 0.5) is 0 Å². The highest BCUT2D eigenvalue weighted by Crippen LogP contribution is 2.52. The van der Waals surface area contributed by atoms with Crippen molar-refractivity contribution in [1.82, 2.24) is 10.6 Å². The fourth-order valence-electron chi connectivity index (χ4n) is 10.4. The summed E-state index contributed by atoms with van der Waals surface area (Å²) >= 11 is 0. The summed E-state index contributed by atoms with van der Waals surface area (Å²) in [6.45, 7) is 12.9. The first-order chi connectivity index (χ1) is 29.5. The molecule has 0 aromatic heterocycles. The Kier molecular flexibility index (Phi) is 15.6. The third-order valence-electron chi connectivity index (χ3n) is 14.2. The molecule has 4 saturated heterocycles. The number of esters is 2. The number of hydrogen-bond acceptors (Lipinski definition) is 10. The number of ether oxygens (including phenoxy) is 4. The number of epoxide rings is 2. The molecule has 0 aromatic rings. The average molecular weight is 865 g/mol. The molecule has 0 spiro atoms. The number of carboxylic acids is 2. The second-order valence-corrected chi connectivity index (χ2v) is 19.1. The quantitative estimate of drug-likeness (QED) is 0.0299. The van der Waals surface area contributed by atoms with Crippen LogP contribution in [0.3, 0.4) is 0 Å². The van der Waals surface area contributed by atoms with Crippen LogP contribution in [0.5, 0.6) is 0 Å². The standard InChI is InChI=1S/C48H68N2O12/c1-30-34-18-16-32(14-12-24-46(3)42(61-46)40(34)59-44(30)57)28-48(50-37(52)21-23-39(55)56,26-10-8-6-5-7-9-11-27-49-36(51)20-22-38(53)54)29-33-15-13-25-47(4)43(62-47)41-35(19-17-33)31(2)45(58)60-41/h14-15,34-35,40-43H,1-2,5-13,16-29H2,3-4H3,(H,49,51)(H,50,52)(H,53,54)(H,55,56)/b32-14+,33-15+/t34-,35-,40-,41-,42-,43-,46+,47+/m0/s1. The highest BCUT2D eigenvalue weighted by Gasteiger charge is 2.62. The second kappa shape index (κ2) is 20.5. The molecule has 6 aliphatic rings. The Hall–Kier alpha value is -4.30. The number of fused-ring (bicyclic) bond motifs is 6. The van der Waals surface area contributed by atoms with E-state index in [9.17, 15) is 33.9 Å². The number of carbonyl (C=O) groups excluding carboxylic acids is 4. The van der Waals surface area contributed by atoms with Gasteiger partial charge < -0.3 is 39.8 Å². The lowest BCUT2D eigenvalue weighted by Gasteiger charge is -2.38. The summed E-state index contributed by atoms with van der Waals surface area (Å²) in [6.07, 6.45) is 16.8. The van der Waals surface area contributed by atoms with Gasteiger partial charge in [0.15, 0.2) is 0 Å². The molecule has 342 valence electrons. The van der Waals surface area contributed by atoms with Crippen molar-refractivity contribution in [2.45, 2.75) is 196 Å². The minimum Gasteiger partial charge on any atom is -0.481 e. The molecule has 2 aliphatic carbocycles. The number of carbonyl (C=O) groups is 6. The van der Waals surface area contributed by atoms with Gasteiger partial charge in [0, 0.05) is 47.9 Å². The molecule has 4 N–H and O–H groups in total. The van der Waals surface area contributed by atoms with Crippen molar-refractivity contribution in [1.29, 1.82) is 0 Å². The molecule has 4 aliphatic heterocycles. The van der Waals surface area contributed by atoms with Gasteiger partial charge in [0.25, 0.3) is 0 Å². The van der Waals surface area contributed by atoms with E-state index >= 15 is 0 Å². The summed E-state index contributed by atoms with van der Waals surface area (Å²) < 4.78 is 24.0. The SMILES string of the molecule is C=C1C(=O)O[C@H]2[C@H]1CC/C(CC(CCCCCCCCCNC(=O)CCC(=O)O)(C/C1=C/CC[C@@]3(C)O[C@H]3[C@H]3OC(=O)C(=C)[C@@H]3CC1)NC(=O)CCC(=O)O)=C\CC[C@@]1(C)O[C@@H]21. The second-order valence-electron chi connectivity index (χ2n) is 19.1. The van der Waals surface area contributed by atoms with E-state index in [0.29, 0.717) is 62.6 Å². The van der Waals surface area contributed by atoms with Gasteiger partial charge in [-0.15, -0.1) is 0 Å². The van der Waals surface area contributed by atoms with E-state index in [1.807, 2.05) is 0 Å². The smallest absolute Gasteiger partial charge is 0.334 e. The number of rotatable bonds is 21. The van der Waals surface area contributed by atoms with Gasteiger partial charge in [-0.05, 0) is 90.9 Å². The maximum atomic E-state index is 13.9. The summed E-state index contributed by atoms with van der Waals surface area (Å²) in [5.74, 6) is -3.69. The monoisotopic (exact) mass is 864 g/mol. The van der Waals surface area contributed by atoms with E-state index in [1.165, 1.54) is 0 Å². The molecule has 0 unspecified atom stereocenters. The minimum absolute atomic E-state index is 0.0194. The number of hydrogen-bond donors (Lipinski definition) is 4. The number of nitrogens with one attached hydrogen (secondary N) is 2. The first kappa shape index (κ1) is 47.2. The van der Waals surface area contributed by atoms with E-state index in [-0.39, 0.29) is 85.7 Å². The van der Waals surface area contributed by atoms with Crippen LogP contribution in [0.2, 0.25) is 0 Å². The maximum Gasteiger partial charge on any atom is 0.334 e. The van der Waals surface area contributed by atoms with Crippen LogP contribution in [-0.2, 0) is 47.7 Å². The van der Waals surface area contributed by atoms with Gasteiger partial charge in [-0.1, -0.05) is 75.0 Å². The van der Waals surface area contributed by atoms with Crippen molar-refractivity contribution in [3.8, 4) is 0 Å². The van der Waals surface area contributed by atoms with Gasteiger partial charge >= 0.3 is 23.9 Å². The molecule has 14 nitrogen and oxygen atoms in total. The summed E-state index contributed by atoms with van der Waals surface area (Å²) in [5, 5.41) is 24.6. The van der Waals surface area contributed by atoms with Gasteiger partial charge in [-0.25, -0.2) is 9.59 Å². The van der Waals surface area contributed by atoms with Crippen LogP contribution in [0, 0.1) is 11.8 Å². The largest absolute Gasteiger partial charge is 0.481 e. The van der Waals surface area contributed by atoms with Crippen LogP contribution >= 0.6 is 0 Å². The number of allylic oxidation sites excluding steroid dienone is 2. The summed E-state index contributed by atoms with van der Waals surface area (Å²) in [5.41, 5.74) is 1.72. The number of amides is 2. The van der Waals surface area contributed by atoms with Crippen LogP contribution in [0.15, 0.2) is 47.6 Å². The lowest BCUT2D eigenvalue weighted by atomic mass is 9.75. The zero-order valence-electron chi connectivity index (χ0n) is 36.8. The van der Waals surface area contributed by atoms with Gasteiger partial charge in [-0.2, -0.15) is 0 Å². The Morgan fingerprint density at radius 1 is 0.694 bits per heavy atom. The number of carboxylic acid groups (broad SMARTS) is 2. The van der Waals surface area contributed by atoms with Crippen molar-refractivity contribution in [3.05, 3.63) is 47.6 Å². The number of aliphatic carboxylic acids is 2. The van der Waals surface area contributed by atoms with Gasteiger partial charge in [-0.3, -0.25) is 19.2 Å². The Balaban J connectivity index is 1.19. The Bertz CT molecular complexity index is 1730. The van der Waals surface area contributed by atoms with E-state index < -0.39 is 28.7 Å². The van der Waals surface area contributed by atoms with Crippen molar-refractivity contribution in [3.63, 3.8) is 0 Å². The lowest BCUT2D eigenvalue weighted by molar-refractivity contribution is -0.140. The van der Waals surface area contributed by atoms with Crippen molar-refractivity contribution in [2.75, 3.05) is 6.54 Å². The molecule has 2 amide bonds.